The third kappa shape index (κ3) is 15.1. The third-order valence-electron chi connectivity index (χ3n) is 9.96. The molecule has 61 heavy (non-hydrogen) atoms. The van der Waals surface area contributed by atoms with Gasteiger partial charge in [0.1, 0.15) is 36.3 Å². The van der Waals surface area contributed by atoms with Gasteiger partial charge in [-0.1, -0.05) is 57.7 Å². The van der Waals surface area contributed by atoms with Crippen LogP contribution in [0.15, 0.2) is 12.7 Å². The summed E-state index contributed by atoms with van der Waals surface area (Å²) in [5.74, 6) is -0.897. The number of carbonyl (C=O) groups excluding carboxylic acids is 3. The third-order valence-corrected chi connectivity index (χ3v) is 13.9. The number of hydrogen-bond donors (Lipinski definition) is 6. The molecule has 2 aromatic heterocycles. The molecule has 29 heteroatoms. The van der Waals surface area contributed by atoms with Gasteiger partial charge in [0, 0.05) is 37.1 Å². The standard InChI is InChI=1S/C32H54N7O18P3S/c1-31(2,27(44)30(45)35-10-9-22(41)34-11-12-61-23(42)14-20(40)13-19-7-5-4-6-8-19)16-54-60(51,52)57-59(49,50)53-15-21-25(56-58(46,47)48)26(43)32(3,55-21)39-18-38-24-28(33)36-17-37-29(24)39/h17-21,25-27,40,43-44H,4-16H2,1-3H3,(H,34,41)(H,35,45)(H,49,50)(H,51,52)(H2,33,36,37)(H2,46,47,48)/p-4. The smallest absolute Gasteiger partial charge is 0.274 e. The molecule has 346 valence electrons. The molecule has 0 spiro atoms. The van der Waals surface area contributed by atoms with Gasteiger partial charge < -0.3 is 74.1 Å². The predicted octanol–water partition coefficient (Wildman–Crippen LogP) is -1.97. The molecule has 0 radical (unpaired) electrons. The number of phosphoric acid groups is 3. The zero-order valence-corrected chi connectivity index (χ0v) is 36.9. The van der Waals surface area contributed by atoms with E-state index in [4.69, 9.17) is 10.5 Å². The molecule has 1 aliphatic heterocycles. The molecule has 1 aliphatic carbocycles. The van der Waals surface area contributed by atoms with Gasteiger partial charge in [0.25, 0.3) is 15.6 Å². The van der Waals surface area contributed by atoms with Crippen molar-refractivity contribution in [3.8, 4) is 0 Å². The zero-order valence-electron chi connectivity index (χ0n) is 33.4. The molecule has 8 atom stereocenters. The van der Waals surface area contributed by atoms with Crippen LogP contribution in [0, 0.1) is 11.3 Å². The number of nitrogen functional groups attached to an aromatic ring is 1. The fourth-order valence-electron chi connectivity index (χ4n) is 6.73. The minimum absolute atomic E-state index is 0.0285. The van der Waals surface area contributed by atoms with Crippen molar-refractivity contribution in [2.75, 3.05) is 37.8 Å². The van der Waals surface area contributed by atoms with E-state index in [1.807, 2.05) is 0 Å². The number of aromatic nitrogens is 4. The number of rotatable bonds is 23. The highest BCUT2D eigenvalue weighted by Gasteiger charge is 2.55. The number of imidazole rings is 1. The van der Waals surface area contributed by atoms with Gasteiger partial charge in [-0.3, -0.25) is 28.1 Å². The number of aliphatic hydroxyl groups excluding tert-OH is 3. The summed E-state index contributed by atoms with van der Waals surface area (Å²) in [6.07, 6.45) is -0.630. The molecule has 2 aliphatic rings. The highest BCUT2D eigenvalue weighted by Crippen LogP contribution is 2.56. The molecule has 0 aromatic carbocycles. The summed E-state index contributed by atoms with van der Waals surface area (Å²) in [5, 5.41) is 36.6. The Bertz CT molecular complexity index is 1990. The number of anilines is 1. The number of thioether (sulfide) groups is 1. The minimum atomic E-state index is -5.95. The Hall–Kier alpha value is -2.48. The summed E-state index contributed by atoms with van der Waals surface area (Å²) >= 11 is 0.989. The maximum absolute atomic E-state index is 12.6. The quantitative estimate of drug-likeness (QED) is 0.0520. The Morgan fingerprint density at radius 3 is 2.39 bits per heavy atom. The molecule has 4 rings (SSSR count). The number of carbonyl (C=O) groups is 3. The summed E-state index contributed by atoms with van der Waals surface area (Å²) in [4.78, 5) is 97.0. The van der Waals surface area contributed by atoms with Crippen LogP contribution in [0.2, 0.25) is 0 Å². The molecular weight excluding hydrogens is 895 g/mol. The van der Waals surface area contributed by atoms with E-state index in [0.29, 0.717) is 12.3 Å². The first-order chi connectivity index (χ1) is 28.3. The first-order valence-electron chi connectivity index (χ1n) is 19.0. The van der Waals surface area contributed by atoms with Crippen LogP contribution in [-0.4, -0.2) is 114 Å². The van der Waals surface area contributed by atoms with Crippen LogP contribution >= 0.6 is 35.2 Å². The van der Waals surface area contributed by atoms with Crippen LogP contribution in [0.3, 0.4) is 0 Å². The molecule has 1 saturated carbocycles. The van der Waals surface area contributed by atoms with E-state index in [0.717, 1.165) is 54.7 Å². The number of nitrogens with one attached hydrogen (secondary N) is 2. The largest absolute Gasteiger partial charge is 0.790 e. The Morgan fingerprint density at radius 2 is 1.72 bits per heavy atom. The monoisotopic (exact) mass is 945 g/mol. The van der Waals surface area contributed by atoms with E-state index in [2.05, 4.69) is 43.5 Å². The summed E-state index contributed by atoms with van der Waals surface area (Å²) in [5.41, 5.74) is 2.00. The molecule has 2 aromatic rings. The van der Waals surface area contributed by atoms with Crippen molar-refractivity contribution in [1.29, 1.82) is 0 Å². The average molecular weight is 946 g/mol. The van der Waals surface area contributed by atoms with Gasteiger partial charge >= 0.3 is 0 Å². The normalized spacial score (nSPS) is 24.5. The Balaban J connectivity index is 1.20. The van der Waals surface area contributed by atoms with E-state index in [1.54, 1.807) is 0 Å². The van der Waals surface area contributed by atoms with Crippen LogP contribution in [0.1, 0.15) is 72.1 Å². The van der Waals surface area contributed by atoms with Crippen LogP contribution < -0.4 is 35.9 Å². The van der Waals surface area contributed by atoms with Gasteiger partial charge in [-0.25, -0.2) is 19.3 Å². The summed E-state index contributed by atoms with van der Waals surface area (Å²) in [7, 11) is -17.7. The van der Waals surface area contributed by atoms with Crippen LogP contribution in [-0.2, 0) is 56.4 Å². The van der Waals surface area contributed by atoms with Crippen molar-refractivity contribution in [3.05, 3.63) is 12.7 Å². The Morgan fingerprint density at radius 1 is 1.05 bits per heavy atom. The van der Waals surface area contributed by atoms with E-state index >= 15 is 0 Å². The highest BCUT2D eigenvalue weighted by molar-refractivity contribution is 8.13. The van der Waals surface area contributed by atoms with Crippen molar-refractivity contribution in [1.82, 2.24) is 30.2 Å². The Kier molecular flexibility index (Phi) is 18.0. The lowest BCUT2D eigenvalue weighted by Crippen LogP contribution is -2.46. The number of aliphatic hydroxyl groups is 3. The molecule has 25 nitrogen and oxygen atoms in total. The van der Waals surface area contributed by atoms with E-state index < -0.39 is 90.2 Å². The number of hydrogen-bond acceptors (Lipinski definition) is 23. The van der Waals surface area contributed by atoms with Crippen molar-refractivity contribution >= 4 is 69.1 Å². The van der Waals surface area contributed by atoms with Crippen molar-refractivity contribution in [2.45, 2.75) is 108 Å². The van der Waals surface area contributed by atoms with Crippen molar-refractivity contribution in [3.63, 3.8) is 0 Å². The molecule has 8 unspecified atom stereocenters. The lowest BCUT2D eigenvalue weighted by Gasteiger charge is -2.36. The zero-order chi connectivity index (χ0) is 45.4. The van der Waals surface area contributed by atoms with Gasteiger partial charge in [-0.05, 0) is 19.3 Å². The first kappa shape index (κ1) is 51.2. The highest BCUT2D eigenvalue weighted by atomic mass is 32.2. The maximum Gasteiger partial charge on any atom is 0.274 e. The van der Waals surface area contributed by atoms with Gasteiger partial charge in [-0.15, -0.1) is 0 Å². The number of amides is 2. The molecule has 2 amide bonds. The molecule has 7 N–H and O–H groups in total. The summed E-state index contributed by atoms with van der Waals surface area (Å²) in [6, 6.07) is 0. The molecule has 3 heterocycles. The molecule has 2 fully saturated rings. The molecule has 1 saturated heterocycles. The van der Waals surface area contributed by atoms with Crippen LogP contribution in [0.25, 0.3) is 11.2 Å². The second kappa shape index (κ2) is 21.5. The van der Waals surface area contributed by atoms with Crippen molar-refractivity contribution in [2.24, 2.45) is 11.3 Å². The number of fused-ring (bicyclic) bond motifs is 1. The predicted molar refractivity (Wildman–Crippen MR) is 205 cm³/mol. The SMILES string of the molecule is CC(C)(COP(=O)([O-])OP(=O)([O-])OCC1OC(C)(n2cnc3c(N)ncnc32)C(O)C1OP(=O)([O-])[O-])C(O)C(=O)NCCC(=O)NCCSC(=O)CC(O)CC1CCCCC1. The Labute approximate surface area is 354 Å². The number of nitrogens with two attached hydrogens (primary N) is 1. The van der Waals surface area contributed by atoms with E-state index in [9.17, 15) is 63.0 Å². The minimum Gasteiger partial charge on any atom is -0.790 e. The van der Waals surface area contributed by atoms with Crippen molar-refractivity contribution < 1.29 is 85.6 Å². The van der Waals surface area contributed by atoms with Gasteiger partial charge in [0.15, 0.2) is 22.3 Å². The second-order valence-corrected chi connectivity index (χ2v) is 20.6. The molecular formula is C32H50N7O18P3S-4. The van der Waals surface area contributed by atoms with E-state index in [1.165, 1.54) is 27.2 Å². The van der Waals surface area contributed by atoms with Gasteiger partial charge in [0.05, 0.1) is 33.5 Å². The maximum atomic E-state index is 12.6. The average Bonchev–Trinajstić information content (AvgIpc) is 3.71. The topological polar surface area (TPSA) is 395 Å². The number of nitrogens with zero attached hydrogens (tertiary/aromatic N) is 4. The lowest BCUT2D eigenvalue weighted by atomic mass is 9.85. The van der Waals surface area contributed by atoms with Crippen LogP contribution in [0.4, 0.5) is 5.82 Å². The fourth-order valence-corrected chi connectivity index (χ4v) is 10.2. The summed E-state index contributed by atoms with van der Waals surface area (Å²) in [6.45, 7) is 1.16. The number of ether oxygens (including phenoxy) is 1. The van der Waals surface area contributed by atoms with E-state index in [-0.39, 0.29) is 53.8 Å². The van der Waals surface area contributed by atoms with Gasteiger partial charge in [0.2, 0.25) is 11.8 Å². The van der Waals surface area contributed by atoms with Crippen LogP contribution in [0.5, 0.6) is 0 Å². The lowest BCUT2D eigenvalue weighted by molar-refractivity contribution is -0.347. The van der Waals surface area contributed by atoms with Gasteiger partial charge in [-0.2, -0.15) is 0 Å². The second-order valence-electron chi connectivity index (χ2n) is 15.4. The first-order valence-corrected chi connectivity index (χ1v) is 24.4. The summed E-state index contributed by atoms with van der Waals surface area (Å²) < 4.78 is 61.2. The number of phosphoric ester groups is 3. The molecule has 0 bridgehead atoms. The fraction of sp³-hybridized carbons (Fsp3) is 0.750.